The topological polar surface area (TPSA) is 55.4 Å². The summed E-state index contributed by atoms with van der Waals surface area (Å²) in [5.74, 6) is -1.03. The summed E-state index contributed by atoms with van der Waals surface area (Å²) in [5, 5.41) is 3.45. The number of hydrogen-bond acceptors (Lipinski definition) is 3. The smallest absolute Gasteiger partial charge is 0.340 e. The van der Waals surface area contributed by atoms with Crippen molar-refractivity contribution >= 4 is 35.1 Å². The van der Waals surface area contributed by atoms with Crippen molar-refractivity contribution in [2.24, 2.45) is 0 Å². The number of nitrogens with one attached hydrogen (secondary N) is 1. The Bertz CT molecular complexity index is 760. The van der Waals surface area contributed by atoms with Crippen LogP contribution in [0.25, 0.3) is 0 Å². The quantitative estimate of drug-likeness (QED) is 0.811. The van der Waals surface area contributed by atoms with Crippen LogP contribution in [-0.2, 0) is 9.53 Å². The van der Waals surface area contributed by atoms with E-state index in [1.165, 1.54) is 12.1 Å². The van der Waals surface area contributed by atoms with Crippen LogP contribution in [0.2, 0.25) is 10.0 Å². The van der Waals surface area contributed by atoms with Crippen LogP contribution in [0.1, 0.15) is 34.9 Å². The third-order valence-corrected chi connectivity index (χ3v) is 4.20. The van der Waals surface area contributed by atoms with Crippen molar-refractivity contribution in [1.82, 2.24) is 5.32 Å². The highest BCUT2D eigenvalue weighted by molar-refractivity contribution is 6.35. The summed E-state index contributed by atoms with van der Waals surface area (Å²) in [6.07, 6.45) is 0.858. The number of rotatable bonds is 5. The first-order valence-corrected chi connectivity index (χ1v) is 8.31. The van der Waals surface area contributed by atoms with E-state index >= 15 is 0 Å². The van der Waals surface area contributed by atoms with Gasteiger partial charge in [0.2, 0.25) is 6.10 Å². The number of carbonyl (C=O) groups excluding carboxylic acids is 2. The first-order valence-electron chi connectivity index (χ1n) is 7.56. The van der Waals surface area contributed by atoms with Crippen LogP contribution in [0, 0.1) is 0 Å². The van der Waals surface area contributed by atoms with Gasteiger partial charge in [-0.1, -0.05) is 53.5 Å². The van der Waals surface area contributed by atoms with Crippen LogP contribution in [-0.4, -0.2) is 17.9 Å². The van der Waals surface area contributed by atoms with Crippen molar-refractivity contribution in [3.63, 3.8) is 0 Å². The average Bonchev–Trinajstić information content (AvgIpc) is 3.39. The van der Waals surface area contributed by atoms with Crippen molar-refractivity contribution in [2.45, 2.75) is 25.0 Å². The van der Waals surface area contributed by atoms with Gasteiger partial charge in [0.1, 0.15) is 0 Å². The molecule has 2 aromatic carbocycles. The molecule has 1 amide bonds. The molecule has 1 aliphatic rings. The summed E-state index contributed by atoms with van der Waals surface area (Å²) in [7, 11) is 0. The molecule has 1 aliphatic carbocycles. The van der Waals surface area contributed by atoms with E-state index in [-0.39, 0.29) is 22.5 Å². The zero-order chi connectivity index (χ0) is 17.1. The number of hydrogen-bond donors (Lipinski definition) is 1. The molecule has 3 rings (SSSR count). The molecular weight excluding hydrogens is 349 g/mol. The molecule has 4 nitrogen and oxygen atoms in total. The number of esters is 1. The lowest BCUT2D eigenvalue weighted by Crippen LogP contribution is -2.33. The summed E-state index contributed by atoms with van der Waals surface area (Å²) >= 11 is 11.9. The fraction of sp³-hybridized carbons (Fsp3) is 0.222. The second-order valence-corrected chi connectivity index (χ2v) is 6.45. The van der Waals surface area contributed by atoms with E-state index in [1.807, 2.05) is 6.07 Å². The molecule has 24 heavy (non-hydrogen) atoms. The molecule has 0 bridgehead atoms. The molecule has 124 valence electrons. The predicted octanol–water partition coefficient (Wildman–Crippen LogP) is 4.17. The summed E-state index contributed by atoms with van der Waals surface area (Å²) in [6.45, 7) is 0. The number of ether oxygens (including phenoxy) is 1. The van der Waals surface area contributed by atoms with E-state index in [2.05, 4.69) is 5.32 Å². The molecule has 0 aromatic heterocycles. The number of carbonyl (C=O) groups is 2. The molecule has 0 aliphatic heterocycles. The monoisotopic (exact) mass is 363 g/mol. The SMILES string of the molecule is O=C(O[C@H](C(=O)NC1CC1)c1ccccc1)c1cc(Cl)ccc1Cl. The lowest BCUT2D eigenvalue weighted by molar-refractivity contribution is -0.130. The normalized spacial score (nSPS) is 14.8. The molecule has 0 radical (unpaired) electrons. The molecule has 0 saturated heterocycles. The second-order valence-electron chi connectivity index (χ2n) is 5.60. The van der Waals surface area contributed by atoms with Gasteiger partial charge in [-0.3, -0.25) is 4.79 Å². The molecule has 1 fully saturated rings. The van der Waals surface area contributed by atoms with Gasteiger partial charge in [0, 0.05) is 16.6 Å². The fourth-order valence-electron chi connectivity index (χ4n) is 2.23. The van der Waals surface area contributed by atoms with Crippen LogP contribution in [0.5, 0.6) is 0 Å². The number of amides is 1. The standard InChI is InChI=1S/C18H15Cl2NO3/c19-12-6-9-15(20)14(10-12)18(23)24-16(11-4-2-1-3-5-11)17(22)21-13-7-8-13/h1-6,9-10,13,16H,7-8H2,(H,21,22)/t16-/m0/s1. The lowest BCUT2D eigenvalue weighted by atomic mass is 10.1. The Kier molecular flexibility index (Phi) is 5.07. The molecule has 1 saturated carbocycles. The summed E-state index contributed by atoms with van der Waals surface area (Å²) in [5.41, 5.74) is 0.728. The third kappa shape index (κ3) is 4.08. The minimum atomic E-state index is -1.03. The van der Waals surface area contributed by atoms with Crippen molar-refractivity contribution in [2.75, 3.05) is 0 Å². The molecule has 6 heteroatoms. The van der Waals surface area contributed by atoms with Crippen LogP contribution < -0.4 is 5.32 Å². The van der Waals surface area contributed by atoms with Crippen molar-refractivity contribution < 1.29 is 14.3 Å². The second kappa shape index (κ2) is 7.24. The molecule has 1 atom stereocenters. The highest BCUT2D eigenvalue weighted by Crippen LogP contribution is 2.26. The number of halogens is 2. The Morgan fingerprint density at radius 2 is 1.79 bits per heavy atom. The van der Waals surface area contributed by atoms with E-state index in [0.29, 0.717) is 10.6 Å². The molecular formula is C18H15Cl2NO3. The maximum Gasteiger partial charge on any atom is 0.340 e. The Balaban J connectivity index is 1.84. The molecule has 2 aromatic rings. The number of benzene rings is 2. The summed E-state index contributed by atoms with van der Waals surface area (Å²) in [4.78, 5) is 24.9. The van der Waals surface area contributed by atoms with Crippen molar-refractivity contribution in [3.05, 3.63) is 69.7 Å². The average molecular weight is 364 g/mol. The van der Waals surface area contributed by atoms with Crippen LogP contribution in [0.15, 0.2) is 48.5 Å². The summed E-state index contributed by atoms with van der Waals surface area (Å²) < 4.78 is 5.45. The maximum absolute atomic E-state index is 12.5. The van der Waals surface area contributed by atoms with Gasteiger partial charge >= 0.3 is 5.97 Å². The van der Waals surface area contributed by atoms with Crippen molar-refractivity contribution in [3.8, 4) is 0 Å². The van der Waals surface area contributed by atoms with E-state index in [0.717, 1.165) is 12.8 Å². The van der Waals surface area contributed by atoms with Gasteiger partial charge in [0.15, 0.2) is 0 Å². The van der Waals surface area contributed by atoms with Gasteiger partial charge in [-0.05, 0) is 31.0 Å². The Morgan fingerprint density at radius 3 is 2.46 bits per heavy atom. The Morgan fingerprint density at radius 1 is 1.08 bits per heavy atom. The maximum atomic E-state index is 12.5. The molecule has 1 N–H and O–H groups in total. The van der Waals surface area contributed by atoms with Gasteiger partial charge in [-0.25, -0.2) is 4.79 Å². The minimum Gasteiger partial charge on any atom is -0.444 e. The predicted molar refractivity (Wildman–Crippen MR) is 92.2 cm³/mol. The van der Waals surface area contributed by atoms with E-state index < -0.39 is 12.1 Å². The van der Waals surface area contributed by atoms with Gasteiger partial charge in [0.25, 0.3) is 5.91 Å². The zero-order valence-corrected chi connectivity index (χ0v) is 14.2. The largest absolute Gasteiger partial charge is 0.444 e. The van der Waals surface area contributed by atoms with Crippen LogP contribution in [0.3, 0.4) is 0 Å². The van der Waals surface area contributed by atoms with Gasteiger partial charge in [-0.2, -0.15) is 0 Å². The summed E-state index contributed by atoms with van der Waals surface area (Å²) in [6, 6.07) is 13.6. The molecule has 0 spiro atoms. The van der Waals surface area contributed by atoms with Gasteiger partial charge < -0.3 is 10.1 Å². The Hall–Kier alpha value is -2.04. The van der Waals surface area contributed by atoms with Crippen molar-refractivity contribution in [1.29, 1.82) is 0 Å². The fourth-order valence-corrected chi connectivity index (χ4v) is 2.60. The first-order chi connectivity index (χ1) is 11.5. The lowest BCUT2D eigenvalue weighted by Gasteiger charge is -2.18. The van der Waals surface area contributed by atoms with E-state index in [4.69, 9.17) is 27.9 Å². The molecule has 0 heterocycles. The highest BCUT2D eigenvalue weighted by atomic mass is 35.5. The first kappa shape index (κ1) is 16.8. The third-order valence-electron chi connectivity index (χ3n) is 3.64. The zero-order valence-electron chi connectivity index (χ0n) is 12.7. The van der Waals surface area contributed by atoms with Gasteiger partial charge in [0.05, 0.1) is 10.6 Å². The highest BCUT2D eigenvalue weighted by Gasteiger charge is 2.31. The van der Waals surface area contributed by atoms with E-state index in [9.17, 15) is 9.59 Å². The minimum absolute atomic E-state index is 0.129. The molecule has 0 unspecified atom stereocenters. The van der Waals surface area contributed by atoms with E-state index in [1.54, 1.807) is 30.3 Å². The van der Waals surface area contributed by atoms with Crippen LogP contribution in [0.4, 0.5) is 0 Å². The van der Waals surface area contributed by atoms with Gasteiger partial charge in [-0.15, -0.1) is 0 Å². The van der Waals surface area contributed by atoms with Crippen LogP contribution >= 0.6 is 23.2 Å². The Labute approximate surface area is 149 Å².